The fraction of sp³-hybridized carbons (Fsp3) is 0.353. The molecule has 0 aliphatic heterocycles. The monoisotopic (exact) mass is 302 g/mol. The summed E-state index contributed by atoms with van der Waals surface area (Å²) in [6, 6.07) is 9.90. The van der Waals surface area contributed by atoms with Gasteiger partial charge >= 0.3 is 0 Å². The zero-order chi connectivity index (χ0) is 15.2. The van der Waals surface area contributed by atoms with E-state index >= 15 is 0 Å². The average Bonchev–Trinajstić information content (AvgIpc) is 2.87. The highest BCUT2D eigenvalue weighted by molar-refractivity contribution is 7.14. The van der Waals surface area contributed by atoms with Crippen LogP contribution in [0.25, 0.3) is 0 Å². The summed E-state index contributed by atoms with van der Waals surface area (Å²) in [5.41, 5.74) is 3.19. The molecule has 0 saturated carbocycles. The maximum absolute atomic E-state index is 12.4. The number of thiophene rings is 1. The lowest BCUT2D eigenvalue weighted by molar-refractivity contribution is 0.103. The van der Waals surface area contributed by atoms with Crippen molar-refractivity contribution in [1.82, 2.24) is 5.32 Å². The molecule has 0 unspecified atom stereocenters. The second-order valence-corrected chi connectivity index (χ2v) is 6.10. The van der Waals surface area contributed by atoms with Gasteiger partial charge in [0, 0.05) is 17.1 Å². The van der Waals surface area contributed by atoms with E-state index in [0.717, 1.165) is 35.6 Å². The predicted molar refractivity (Wildman–Crippen MR) is 90.2 cm³/mol. The van der Waals surface area contributed by atoms with Crippen molar-refractivity contribution >= 4 is 22.9 Å². The van der Waals surface area contributed by atoms with Crippen LogP contribution in [0.15, 0.2) is 30.3 Å². The Morgan fingerprint density at radius 3 is 2.67 bits per heavy atom. The first-order valence-electron chi connectivity index (χ1n) is 7.35. The van der Waals surface area contributed by atoms with Crippen LogP contribution in [-0.2, 0) is 13.0 Å². The van der Waals surface area contributed by atoms with Crippen LogP contribution >= 0.6 is 11.3 Å². The fourth-order valence-corrected chi connectivity index (χ4v) is 3.23. The Bertz CT molecular complexity index is 619. The molecular weight excluding hydrogens is 280 g/mol. The van der Waals surface area contributed by atoms with E-state index < -0.39 is 0 Å². The zero-order valence-corrected chi connectivity index (χ0v) is 13.6. The Morgan fingerprint density at radius 2 is 2.00 bits per heavy atom. The second kappa shape index (κ2) is 7.38. The lowest BCUT2D eigenvalue weighted by atomic mass is 10.1. The molecule has 1 heterocycles. The highest BCUT2D eigenvalue weighted by atomic mass is 32.1. The third kappa shape index (κ3) is 3.93. The summed E-state index contributed by atoms with van der Waals surface area (Å²) in [6.45, 7) is 7.92. The van der Waals surface area contributed by atoms with Crippen LogP contribution in [0.2, 0.25) is 0 Å². The molecule has 2 aromatic rings. The quantitative estimate of drug-likeness (QED) is 0.847. The van der Waals surface area contributed by atoms with Crippen molar-refractivity contribution in [3.63, 3.8) is 0 Å². The molecule has 0 bridgehead atoms. The highest BCUT2D eigenvalue weighted by Crippen LogP contribution is 2.24. The molecule has 4 heteroatoms. The Labute approximate surface area is 130 Å². The van der Waals surface area contributed by atoms with Gasteiger partial charge in [0.1, 0.15) is 0 Å². The summed E-state index contributed by atoms with van der Waals surface area (Å²) in [5, 5.41) is 6.32. The van der Waals surface area contributed by atoms with Gasteiger partial charge in [-0.15, -0.1) is 11.3 Å². The molecule has 0 fully saturated rings. The van der Waals surface area contributed by atoms with Crippen LogP contribution in [0.5, 0.6) is 0 Å². The van der Waals surface area contributed by atoms with E-state index in [0.29, 0.717) is 0 Å². The summed E-state index contributed by atoms with van der Waals surface area (Å²) >= 11 is 1.58. The van der Waals surface area contributed by atoms with Gasteiger partial charge in [-0.2, -0.15) is 0 Å². The molecule has 0 atom stereocenters. The molecule has 3 nitrogen and oxygen atoms in total. The summed E-state index contributed by atoms with van der Waals surface area (Å²) in [6.07, 6.45) is 0.973. The smallest absolute Gasteiger partial charge is 0.265 e. The van der Waals surface area contributed by atoms with Gasteiger partial charge in [-0.3, -0.25) is 4.79 Å². The fourth-order valence-electron chi connectivity index (χ4n) is 2.22. The van der Waals surface area contributed by atoms with Gasteiger partial charge in [-0.05, 0) is 43.1 Å². The first kappa shape index (κ1) is 15.7. The lowest BCUT2D eigenvalue weighted by Gasteiger charge is -2.10. The van der Waals surface area contributed by atoms with Gasteiger partial charge < -0.3 is 10.6 Å². The van der Waals surface area contributed by atoms with Crippen LogP contribution in [0.1, 0.15) is 39.5 Å². The normalized spacial score (nSPS) is 10.6. The van der Waals surface area contributed by atoms with Crippen LogP contribution in [0, 0.1) is 6.92 Å². The Kier molecular flexibility index (Phi) is 5.53. The van der Waals surface area contributed by atoms with Crippen molar-refractivity contribution in [3.8, 4) is 0 Å². The van der Waals surface area contributed by atoms with E-state index in [1.165, 1.54) is 10.4 Å². The van der Waals surface area contributed by atoms with Crippen molar-refractivity contribution in [2.45, 2.75) is 33.7 Å². The first-order valence-corrected chi connectivity index (χ1v) is 8.16. The van der Waals surface area contributed by atoms with E-state index in [1.54, 1.807) is 11.3 Å². The van der Waals surface area contributed by atoms with Crippen molar-refractivity contribution in [3.05, 3.63) is 51.2 Å². The number of benzene rings is 1. The minimum Gasteiger partial charge on any atom is -0.321 e. The molecular formula is C17H22N2OS. The number of rotatable bonds is 6. The number of anilines is 1. The molecule has 1 aromatic heterocycles. The summed E-state index contributed by atoms with van der Waals surface area (Å²) in [4.78, 5) is 14.5. The van der Waals surface area contributed by atoms with E-state index in [9.17, 15) is 4.79 Å². The SMILES string of the molecule is CCNCc1ccccc1NC(=O)c1cc(C)c(CC)s1. The minimum absolute atomic E-state index is 0.0215. The topological polar surface area (TPSA) is 41.1 Å². The van der Waals surface area contributed by atoms with E-state index in [-0.39, 0.29) is 5.91 Å². The number of hydrogen-bond acceptors (Lipinski definition) is 3. The third-order valence-electron chi connectivity index (χ3n) is 3.40. The molecule has 21 heavy (non-hydrogen) atoms. The largest absolute Gasteiger partial charge is 0.321 e. The van der Waals surface area contributed by atoms with Crippen molar-refractivity contribution in [2.24, 2.45) is 0 Å². The van der Waals surface area contributed by atoms with E-state index in [2.05, 4.69) is 31.4 Å². The van der Waals surface area contributed by atoms with Crippen molar-refractivity contribution in [2.75, 3.05) is 11.9 Å². The number of para-hydroxylation sites is 1. The summed E-state index contributed by atoms with van der Waals surface area (Å²) < 4.78 is 0. The van der Waals surface area contributed by atoms with E-state index in [1.807, 2.05) is 30.3 Å². The zero-order valence-electron chi connectivity index (χ0n) is 12.8. The molecule has 1 amide bonds. The van der Waals surface area contributed by atoms with Crippen LogP contribution in [-0.4, -0.2) is 12.5 Å². The maximum atomic E-state index is 12.4. The molecule has 0 aliphatic rings. The molecule has 0 saturated heterocycles. The number of nitrogens with one attached hydrogen (secondary N) is 2. The number of carbonyl (C=O) groups is 1. The molecule has 0 radical (unpaired) electrons. The second-order valence-electron chi connectivity index (χ2n) is 4.96. The molecule has 1 aromatic carbocycles. The van der Waals surface area contributed by atoms with Crippen molar-refractivity contribution in [1.29, 1.82) is 0 Å². The van der Waals surface area contributed by atoms with Gasteiger partial charge in [0.05, 0.1) is 4.88 Å². The van der Waals surface area contributed by atoms with Gasteiger partial charge in [0.25, 0.3) is 5.91 Å². The molecule has 2 N–H and O–H groups in total. The van der Waals surface area contributed by atoms with E-state index in [4.69, 9.17) is 0 Å². The van der Waals surface area contributed by atoms with Gasteiger partial charge in [0.2, 0.25) is 0 Å². The first-order chi connectivity index (χ1) is 10.2. The standard InChI is InChI=1S/C17H22N2OS/c1-4-15-12(3)10-16(21-15)17(20)19-14-9-7-6-8-13(14)11-18-5-2/h6-10,18H,4-5,11H2,1-3H3,(H,19,20). The van der Waals surface area contributed by atoms with Crippen LogP contribution in [0.3, 0.4) is 0 Å². The number of aryl methyl sites for hydroxylation is 2. The van der Waals surface area contributed by atoms with Crippen LogP contribution < -0.4 is 10.6 Å². The Balaban J connectivity index is 2.15. The maximum Gasteiger partial charge on any atom is 0.265 e. The number of hydrogen-bond donors (Lipinski definition) is 2. The Morgan fingerprint density at radius 1 is 1.24 bits per heavy atom. The summed E-state index contributed by atoms with van der Waals surface area (Å²) in [7, 11) is 0. The molecule has 0 aliphatic carbocycles. The third-order valence-corrected chi connectivity index (χ3v) is 4.78. The number of carbonyl (C=O) groups excluding carboxylic acids is 1. The molecule has 2 rings (SSSR count). The highest BCUT2D eigenvalue weighted by Gasteiger charge is 2.13. The minimum atomic E-state index is -0.0215. The predicted octanol–water partition coefficient (Wildman–Crippen LogP) is 3.98. The molecule has 112 valence electrons. The Hall–Kier alpha value is -1.65. The van der Waals surface area contributed by atoms with Gasteiger partial charge in [-0.1, -0.05) is 32.0 Å². The van der Waals surface area contributed by atoms with Crippen molar-refractivity contribution < 1.29 is 4.79 Å². The summed E-state index contributed by atoms with van der Waals surface area (Å²) in [5.74, 6) is -0.0215. The molecule has 0 spiro atoms. The van der Waals surface area contributed by atoms with Gasteiger partial charge in [0.15, 0.2) is 0 Å². The lowest BCUT2D eigenvalue weighted by Crippen LogP contribution is -2.16. The average molecular weight is 302 g/mol. The van der Waals surface area contributed by atoms with Gasteiger partial charge in [-0.25, -0.2) is 0 Å². The van der Waals surface area contributed by atoms with Crippen LogP contribution in [0.4, 0.5) is 5.69 Å². The number of amides is 1.